The zero-order chi connectivity index (χ0) is 17.9. The molecule has 2 aliphatic heterocycles. The average Bonchev–Trinajstić information content (AvgIpc) is 3.00. The lowest BCUT2D eigenvalue weighted by molar-refractivity contribution is -0.142. The Balaban J connectivity index is 1.52. The SMILES string of the molecule is O=C1CCCCCN1CC(=O)N1CCCCC1c1nc2ccccc2[nH]1. The highest BCUT2D eigenvalue weighted by Gasteiger charge is 2.31. The minimum atomic E-state index is -0.0225. The van der Waals surface area contributed by atoms with Crippen molar-refractivity contribution in [2.24, 2.45) is 0 Å². The van der Waals surface area contributed by atoms with Gasteiger partial charge in [0.15, 0.2) is 0 Å². The lowest BCUT2D eigenvalue weighted by atomic mass is 10.0. The maximum atomic E-state index is 13.0. The Morgan fingerprint density at radius 1 is 1.12 bits per heavy atom. The first kappa shape index (κ1) is 17.1. The molecule has 2 amide bonds. The molecule has 138 valence electrons. The predicted octanol–water partition coefficient (Wildman–Crippen LogP) is 3.02. The Morgan fingerprint density at radius 3 is 2.85 bits per heavy atom. The summed E-state index contributed by atoms with van der Waals surface area (Å²) in [7, 11) is 0. The number of aromatic amines is 1. The molecule has 0 spiro atoms. The van der Waals surface area contributed by atoms with E-state index in [4.69, 9.17) is 4.98 Å². The van der Waals surface area contributed by atoms with Gasteiger partial charge < -0.3 is 14.8 Å². The Morgan fingerprint density at radius 2 is 1.96 bits per heavy atom. The fraction of sp³-hybridized carbons (Fsp3) is 0.550. The third kappa shape index (κ3) is 3.45. The molecule has 2 aromatic rings. The number of imidazole rings is 1. The number of para-hydroxylation sites is 2. The number of rotatable bonds is 3. The first-order chi connectivity index (χ1) is 12.7. The quantitative estimate of drug-likeness (QED) is 0.921. The number of benzene rings is 1. The highest BCUT2D eigenvalue weighted by atomic mass is 16.2. The highest BCUT2D eigenvalue weighted by molar-refractivity contribution is 5.85. The van der Waals surface area contributed by atoms with Crippen molar-refractivity contribution in [3.8, 4) is 0 Å². The molecule has 4 rings (SSSR count). The second kappa shape index (κ2) is 7.48. The fourth-order valence-corrected chi connectivity index (χ4v) is 4.10. The molecule has 0 aliphatic carbocycles. The van der Waals surface area contributed by atoms with Gasteiger partial charge >= 0.3 is 0 Å². The molecule has 2 saturated heterocycles. The normalized spacial score (nSPS) is 21.8. The van der Waals surface area contributed by atoms with Crippen LogP contribution >= 0.6 is 0 Å². The van der Waals surface area contributed by atoms with Gasteiger partial charge in [0, 0.05) is 19.5 Å². The first-order valence-electron chi connectivity index (χ1n) is 9.74. The number of hydrogen-bond donors (Lipinski definition) is 1. The molecule has 1 aromatic carbocycles. The van der Waals surface area contributed by atoms with E-state index in [0.29, 0.717) is 13.0 Å². The number of fused-ring (bicyclic) bond motifs is 1. The number of aromatic nitrogens is 2. The number of carbonyl (C=O) groups excluding carboxylic acids is 2. The molecule has 2 fully saturated rings. The van der Waals surface area contributed by atoms with Crippen molar-refractivity contribution in [2.45, 2.75) is 51.0 Å². The van der Waals surface area contributed by atoms with Crippen LogP contribution in [-0.4, -0.2) is 51.2 Å². The van der Waals surface area contributed by atoms with Crippen LogP contribution in [0.5, 0.6) is 0 Å². The van der Waals surface area contributed by atoms with Crippen LogP contribution in [0.25, 0.3) is 11.0 Å². The van der Waals surface area contributed by atoms with Crippen molar-refractivity contribution in [1.29, 1.82) is 0 Å². The van der Waals surface area contributed by atoms with Crippen LogP contribution in [0.4, 0.5) is 0 Å². The van der Waals surface area contributed by atoms with Crippen molar-refractivity contribution in [3.05, 3.63) is 30.1 Å². The number of likely N-dealkylation sites (tertiary alicyclic amines) is 2. The number of hydrogen-bond acceptors (Lipinski definition) is 3. The third-order valence-electron chi connectivity index (χ3n) is 5.54. The van der Waals surface area contributed by atoms with E-state index in [2.05, 4.69) is 4.98 Å². The van der Waals surface area contributed by atoms with Crippen LogP contribution in [-0.2, 0) is 9.59 Å². The van der Waals surface area contributed by atoms with Gasteiger partial charge in [-0.3, -0.25) is 9.59 Å². The zero-order valence-electron chi connectivity index (χ0n) is 15.1. The predicted molar refractivity (Wildman–Crippen MR) is 99.4 cm³/mol. The molecular weight excluding hydrogens is 328 g/mol. The van der Waals surface area contributed by atoms with E-state index < -0.39 is 0 Å². The van der Waals surface area contributed by atoms with Crippen LogP contribution in [0, 0.1) is 0 Å². The molecule has 26 heavy (non-hydrogen) atoms. The summed E-state index contributed by atoms with van der Waals surface area (Å²) >= 11 is 0. The molecule has 1 N–H and O–H groups in total. The molecule has 3 heterocycles. The second-order valence-corrected chi connectivity index (χ2v) is 7.36. The Bertz CT molecular complexity index is 767. The van der Waals surface area contributed by atoms with Crippen molar-refractivity contribution >= 4 is 22.8 Å². The van der Waals surface area contributed by atoms with Gasteiger partial charge in [0.2, 0.25) is 11.8 Å². The van der Waals surface area contributed by atoms with Crippen LogP contribution < -0.4 is 0 Å². The van der Waals surface area contributed by atoms with Crippen molar-refractivity contribution in [2.75, 3.05) is 19.6 Å². The monoisotopic (exact) mass is 354 g/mol. The maximum absolute atomic E-state index is 13.0. The largest absolute Gasteiger partial charge is 0.340 e. The van der Waals surface area contributed by atoms with Crippen LogP contribution in [0.15, 0.2) is 24.3 Å². The molecule has 0 saturated carbocycles. The molecule has 6 nitrogen and oxygen atoms in total. The van der Waals surface area contributed by atoms with Crippen LogP contribution in [0.3, 0.4) is 0 Å². The number of piperidine rings is 1. The zero-order valence-corrected chi connectivity index (χ0v) is 15.1. The summed E-state index contributed by atoms with van der Waals surface area (Å²) in [6.45, 7) is 1.64. The molecule has 6 heteroatoms. The van der Waals surface area contributed by atoms with E-state index in [1.54, 1.807) is 4.90 Å². The van der Waals surface area contributed by atoms with Crippen molar-refractivity contribution < 1.29 is 9.59 Å². The lowest BCUT2D eigenvalue weighted by Crippen LogP contribution is -2.46. The average molecular weight is 354 g/mol. The number of amides is 2. The van der Waals surface area contributed by atoms with E-state index in [-0.39, 0.29) is 24.4 Å². The number of H-pyrrole nitrogens is 1. The first-order valence-corrected chi connectivity index (χ1v) is 9.74. The summed E-state index contributed by atoms with van der Waals surface area (Å²) in [6, 6.07) is 7.93. The third-order valence-corrected chi connectivity index (χ3v) is 5.54. The fourth-order valence-electron chi connectivity index (χ4n) is 4.10. The molecule has 2 aliphatic rings. The summed E-state index contributed by atoms with van der Waals surface area (Å²) in [5, 5.41) is 0. The minimum absolute atomic E-state index is 0.0225. The summed E-state index contributed by atoms with van der Waals surface area (Å²) < 4.78 is 0. The van der Waals surface area contributed by atoms with Gasteiger partial charge in [0.25, 0.3) is 0 Å². The van der Waals surface area contributed by atoms with Gasteiger partial charge in [0.1, 0.15) is 5.82 Å². The van der Waals surface area contributed by atoms with E-state index in [0.717, 1.165) is 61.9 Å². The summed E-state index contributed by atoms with van der Waals surface area (Å²) in [5.41, 5.74) is 1.94. The maximum Gasteiger partial charge on any atom is 0.242 e. The highest BCUT2D eigenvalue weighted by Crippen LogP contribution is 2.30. The van der Waals surface area contributed by atoms with Gasteiger partial charge in [0.05, 0.1) is 23.6 Å². The Hall–Kier alpha value is -2.37. The molecule has 1 unspecified atom stereocenters. The molecular formula is C20H26N4O2. The topological polar surface area (TPSA) is 69.3 Å². The van der Waals surface area contributed by atoms with E-state index in [1.807, 2.05) is 29.2 Å². The van der Waals surface area contributed by atoms with E-state index in [1.165, 1.54) is 0 Å². The molecule has 1 aromatic heterocycles. The van der Waals surface area contributed by atoms with Gasteiger partial charge in [-0.15, -0.1) is 0 Å². The van der Waals surface area contributed by atoms with Gasteiger partial charge in [-0.25, -0.2) is 4.98 Å². The smallest absolute Gasteiger partial charge is 0.242 e. The summed E-state index contributed by atoms with van der Waals surface area (Å²) in [4.78, 5) is 37.0. The van der Waals surface area contributed by atoms with E-state index in [9.17, 15) is 9.59 Å². The minimum Gasteiger partial charge on any atom is -0.340 e. The van der Waals surface area contributed by atoms with Crippen molar-refractivity contribution in [3.63, 3.8) is 0 Å². The summed E-state index contributed by atoms with van der Waals surface area (Å²) in [6.07, 6.45) is 6.59. The van der Waals surface area contributed by atoms with Crippen LogP contribution in [0.1, 0.15) is 56.8 Å². The van der Waals surface area contributed by atoms with Gasteiger partial charge in [-0.05, 0) is 44.2 Å². The second-order valence-electron chi connectivity index (χ2n) is 7.36. The molecule has 0 radical (unpaired) electrons. The van der Waals surface area contributed by atoms with Gasteiger partial charge in [-0.2, -0.15) is 0 Å². The summed E-state index contributed by atoms with van der Waals surface area (Å²) in [5.74, 6) is 1.03. The van der Waals surface area contributed by atoms with Crippen LogP contribution in [0.2, 0.25) is 0 Å². The molecule has 0 bridgehead atoms. The van der Waals surface area contributed by atoms with E-state index >= 15 is 0 Å². The standard InChI is InChI=1S/C20H26N4O2/c25-18-11-2-1-6-12-23(18)14-19(26)24-13-7-5-10-17(24)20-21-15-8-3-4-9-16(15)22-20/h3-4,8-9,17H,1-2,5-7,10-14H2,(H,21,22). The number of carbonyl (C=O) groups is 2. The van der Waals surface area contributed by atoms with Gasteiger partial charge in [-0.1, -0.05) is 18.6 Å². The number of nitrogens with one attached hydrogen (secondary N) is 1. The Labute approximate surface area is 153 Å². The van der Waals surface area contributed by atoms with Crippen molar-refractivity contribution in [1.82, 2.24) is 19.8 Å². The lowest BCUT2D eigenvalue weighted by Gasteiger charge is -2.36. The Kier molecular flexibility index (Phi) is 4.91. The molecule has 1 atom stereocenters. The number of nitrogens with zero attached hydrogens (tertiary/aromatic N) is 3.